The van der Waals surface area contributed by atoms with Gasteiger partial charge in [0.05, 0.1) is 0 Å². The van der Waals surface area contributed by atoms with Crippen molar-refractivity contribution >= 4 is 65.4 Å². The number of rotatable bonds is 4. The van der Waals surface area contributed by atoms with E-state index in [4.69, 9.17) is 23.8 Å². The van der Waals surface area contributed by atoms with Crippen LogP contribution in [0.1, 0.15) is 0 Å². The molecule has 5 nitrogen and oxygen atoms in total. The van der Waals surface area contributed by atoms with E-state index >= 15 is 0 Å². The SMILES string of the molecule is c1ccc(-c2nc(-c3ccc4c(c3)oc3c5ccccc5cc(-c5ccc6ccccc6c5)c43)nc(-c3cccc4oc5ccccc5c34)n2)cc1. The molecule has 0 saturated heterocycles. The minimum absolute atomic E-state index is 0.565. The van der Waals surface area contributed by atoms with Crippen LogP contribution in [0.5, 0.6) is 0 Å². The first-order valence-electron chi connectivity index (χ1n) is 17.3. The summed E-state index contributed by atoms with van der Waals surface area (Å²) < 4.78 is 13.1. The van der Waals surface area contributed by atoms with Gasteiger partial charge in [-0.1, -0.05) is 127 Å². The number of benzene rings is 8. The van der Waals surface area contributed by atoms with Crippen molar-refractivity contribution in [2.75, 3.05) is 0 Å². The highest BCUT2D eigenvalue weighted by Gasteiger charge is 2.20. The van der Waals surface area contributed by atoms with E-state index in [2.05, 4.69) is 103 Å². The van der Waals surface area contributed by atoms with Gasteiger partial charge in [0, 0.05) is 43.6 Å². The van der Waals surface area contributed by atoms with Crippen molar-refractivity contribution < 1.29 is 8.83 Å². The van der Waals surface area contributed by atoms with Crippen LogP contribution >= 0.6 is 0 Å². The summed E-state index contributed by atoms with van der Waals surface area (Å²) in [5.41, 5.74) is 8.19. The smallest absolute Gasteiger partial charge is 0.164 e. The van der Waals surface area contributed by atoms with Gasteiger partial charge in [-0.05, 0) is 63.7 Å². The average molecular weight is 666 g/mol. The van der Waals surface area contributed by atoms with Gasteiger partial charge in [0.25, 0.3) is 0 Å². The highest BCUT2D eigenvalue weighted by atomic mass is 16.3. The van der Waals surface area contributed by atoms with E-state index in [1.807, 2.05) is 60.7 Å². The third kappa shape index (κ3) is 4.46. The normalized spacial score (nSPS) is 11.8. The molecule has 0 saturated carbocycles. The van der Waals surface area contributed by atoms with E-state index in [0.29, 0.717) is 17.5 Å². The largest absolute Gasteiger partial charge is 0.456 e. The standard InChI is InChI=1S/C47H27N3O2/c1-2-12-29(13-3-1)45-48-46(50-47(49-45)37-18-10-20-40-42(37)35-17-8-9-19-39(35)51-40)33-23-24-36-41(27-33)52-44-34-16-7-6-15-31(34)26-38(43(36)44)32-22-21-28-11-4-5-14-30(28)25-32/h1-27H. The lowest BCUT2D eigenvalue weighted by atomic mass is 9.94. The van der Waals surface area contributed by atoms with Gasteiger partial charge in [0.2, 0.25) is 0 Å². The Morgan fingerprint density at radius 3 is 1.88 bits per heavy atom. The third-order valence-electron chi connectivity index (χ3n) is 10.1. The maximum atomic E-state index is 6.82. The van der Waals surface area contributed by atoms with Gasteiger partial charge < -0.3 is 8.83 Å². The highest BCUT2D eigenvalue weighted by Crippen LogP contribution is 2.43. The summed E-state index contributed by atoms with van der Waals surface area (Å²) in [6, 6.07) is 56.4. The van der Waals surface area contributed by atoms with Crippen molar-refractivity contribution in [1.82, 2.24) is 15.0 Å². The van der Waals surface area contributed by atoms with Crippen molar-refractivity contribution in [3.63, 3.8) is 0 Å². The van der Waals surface area contributed by atoms with Crippen LogP contribution in [0.4, 0.5) is 0 Å². The maximum Gasteiger partial charge on any atom is 0.164 e. The molecule has 11 aromatic rings. The van der Waals surface area contributed by atoms with Crippen LogP contribution in [0.3, 0.4) is 0 Å². The first-order valence-corrected chi connectivity index (χ1v) is 17.3. The van der Waals surface area contributed by atoms with Crippen molar-refractivity contribution in [2.45, 2.75) is 0 Å². The number of fused-ring (bicyclic) bond motifs is 9. The Hall–Kier alpha value is -7.11. The summed E-state index contributed by atoms with van der Waals surface area (Å²) in [5.74, 6) is 1.74. The molecular formula is C47H27N3O2. The first kappa shape index (κ1) is 28.7. The van der Waals surface area contributed by atoms with Crippen LogP contribution in [-0.4, -0.2) is 15.0 Å². The van der Waals surface area contributed by atoms with Gasteiger partial charge in [-0.3, -0.25) is 0 Å². The van der Waals surface area contributed by atoms with E-state index in [-0.39, 0.29) is 0 Å². The van der Waals surface area contributed by atoms with Crippen LogP contribution in [0.25, 0.3) is 111 Å². The van der Waals surface area contributed by atoms with E-state index < -0.39 is 0 Å². The molecule has 0 aliphatic heterocycles. The van der Waals surface area contributed by atoms with Crippen LogP contribution in [0.2, 0.25) is 0 Å². The number of furan rings is 2. The molecule has 3 heterocycles. The fraction of sp³-hybridized carbons (Fsp3) is 0. The lowest BCUT2D eigenvalue weighted by molar-refractivity contribution is 0.669. The third-order valence-corrected chi connectivity index (χ3v) is 10.1. The van der Waals surface area contributed by atoms with Crippen molar-refractivity contribution in [1.29, 1.82) is 0 Å². The molecule has 3 aromatic heterocycles. The zero-order valence-electron chi connectivity index (χ0n) is 27.7. The number of nitrogens with zero attached hydrogens (tertiary/aromatic N) is 3. The monoisotopic (exact) mass is 665 g/mol. The second-order valence-electron chi connectivity index (χ2n) is 13.2. The Morgan fingerprint density at radius 2 is 1.00 bits per heavy atom. The number of para-hydroxylation sites is 1. The van der Waals surface area contributed by atoms with Crippen molar-refractivity contribution in [3.8, 4) is 45.3 Å². The minimum atomic E-state index is 0.565. The second-order valence-corrected chi connectivity index (χ2v) is 13.2. The van der Waals surface area contributed by atoms with Gasteiger partial charge in [-0.2, -0.15) is 0 Å². The van der Waals surface area contributed by atoms with E-state index in [1.54, 1.807) is 0 Å². The maximum absolute atomic E-state index is 6.82. The molecule has 5 heteroatoms. The molecule has 0 aliphatic rings. The fourth-order valence-electron chi connectivity index (χ4n) is 7.64. The summed E-state index contributed by atoms with van der Waals surface area (Å²) in [6.07, 6.45) is 0. The Labute approximate surface area is 297 Å². The molecule has 8 aromatic carbocycles. The summed E-state index contributed by atoms with van der Waals surface area (Å²) in [5, 5.41) is 8.77. The van der Waals surface area contributed by atoms with Crippen molar-refractivity contribution in [2.24, 2.45) is 0 Å². The molecule has 0 amide bonds. The van der Waals surface area contributed by atoms with Crippen LogP contribution in [0, 0.1) is 0 Å². The number of hydrogen-bond acceptors (Lipinski definition) is 5. The topological polar surface area (TPSA) is 65.0 Å². The van der Waals surface area contributed by atoms with E-state index in [0.717, 1.165) is 82.5 Å². The minimum Gasteiger partial charge on any atom is -0.456 e. The lowest BCUT2D eigenvalue weighted by Gasteiger charge is -2.10. The molecule has 0 fully saturated rings. The molecule has 0 unspecified atom stereocenters. The zero-order valence-corrected chi connectivity index (χ0v) is 27.7. The van der Waals surface area contributed by atoms with E-state index in [9.17, 15) is 0 Å². The molecule has 52 heavy (non-hydrogen) atoms. The molecule has 242 valence electrons. The molecule has 0 atom stereocenters. The average Bonchev–Trinajstić information content (AvgIpc) is 3.79. The molecule has 0 bridgehead atoms. The van der Waals surface area contributed by atoms with Crippen LogP contribution < -0.4 is 0 Å². The lowest BCUT2D eigenvalue weighted by Crippen LogP contribution is -2.00. The Morgan fingerprint density at radius 1 is 0.327 bits per heavy atom. The quantitative estimate of drug-likeness (QED) is 0.187. The molecule has 11 rings (SSSR count). The Bertz CT molecular complexity index is 3190. The summed E-state index contributed by atoms with van der Waals surface area (Å²) in [7, 11) is 0. The van der Waals surface area contributed by atoms with Crippen LogP contribution in [-0.2, 0) is 0 Å². The summed E-state index contributed by atoms with van der Waals surface area (Å²) in [4.78, 5) is 15.2. The second kappa shape index (κ2) is 11.2. The van der Waals surface area contributed by atoms with Gasteiger partial charge in [-0.15, -0.1) is 0 Å². The van der Waals surface area contributed by atoms with Gasteiger partial charge in [0.15, 0.2) is 17.5 Å². The van der Waals surface area contributed by atoms with Gasteiger partial charge >= 0.3 is 0 Å². The van der Waals surface area contributed by atoms with Gasteiger partial charge in [-0.25, -0.2) is 15.0 Å². The zero-order chi connectivity index (χ0) is 34.2. The van der Waals surface area contributed by atoms with Crippen LogP contribution in [0.15, 0.2) is 173 Å². The Balaban J connectivity index is 1.14. The molecule has 0 radical (unpaired) electrons. The summed E-state index contributed by atoms with van der Waals surface area (Å²) >= 11 is 0. The first-order chi connectivity index (χ1) is 25.7. The predicted molar refractivity (Wildman–Crippen MR) is 211 cm³/mol. The van der Waals surface area contributed by atoms with Gasteiger partial charge in [0.1, 0.15) is 22.3 Å². The molecule has 0 aliphatic carbocycles. The highest BCUT2D eigenvalue weighted by molar-refractivity contribution is 6.21. The predicted octanol–water partition coefficient (Wildman–Crippen LogP) is 12.6. The number of hydrogen-bond donors (Lipinski definition) is 0. The van der Waals surface area contributed by atoms with Crippen molar-refractivity contribution in [3.05, 3.63) is 164 Å². The fourth-order valence-corrected chi connectivity index (χ4v) is 7.64. The summed E-state index contributed by atoms with van der Waals surface area (Å²) in [6.45, 7) is 0. The molecule has 0 spiro atoms. The molecular weight excluding hydrogens is 639 g/mol. The Kier molecular flexibility index (Phi) is 6.18. The van der Waals surface area contributed by atoms with E-state index in [1.165, 1.54) is 10.8 Å². The molecule has 0 N–H and O–H groups in total. The number of aromatic nitrogens is 3.